The summed E-state index contributed by atoms with van der Waals surface area (Å²) >= 11 is 5.80. The first-order valence-corrected chi connectivity index (χ1v) is 14.3. The largest absolute Gasteiger partial charge is 0.346 e. The number of imidazole rings is 1. The highest BCUT2D eigenvalue weighted by Gasteiger charge is 2.19. The summed E-state index contributed by atoms with van der Waals surface area (Å²) < 4.78 is 0. The Hall–Kier alpha value is -3.04. The van der Waals surface area contributed by atoms with Crippen molar-refractivity contribution in [3.05, 3.63) is 124 Å². The van der Waals surface area contributed by atoms with Crippen molar-refractivity contribution in [2.45, 2.75) is 72.5 Å². The van der Waals surface area contributed by atoms with Crippen LogP contribution in [0.2, 0.25) is 6.32 Å². The van der Waals surface area contributed by atoms with E-state index >= 15 is 0 Å². The number of allylic oxidation sites excluding steroid dienone is 1. The number of aromatic amines is 1. The monoisotopic (exact) mass is 524 g/mol. The van der Waals surface area contributed by atoms with E-state index in [0.717, 1.165) is 30.7 Å². The van der Waals surface area contributed by atoms with Gasteiger partial charge in [-0.2, -0.15) is 0 Å². The van der Waals surface area contributed by atoms with Crippen LogP contribution in [0.15, 0.2) is 90.6 Å². The fourth-order valence-corrected chi connectivity index (χ4v) is 4.73. The zero-order valence-electron chi connectivity index (χ0n) is 23.8. The predicted octanol–water partition coefficient (Wildman–Crippen LogP) is 8.17. The van der Waals surface area contributed by atoms with Crippen molar-refractivity contribution in [3.8, 4) is 0 Å². The molecule has 0 fully saturated rings. The van der Waals surface area contributed by atoms with Gasteiger partial charge < -0.3 is 4.98 Å². The number of hydrogen-bond donors (Lipinski definition) is 1. The molecule has 4 rings (SSSR count). The highest BCUT2D eigenvalue weighted by atomic mass is 35.5. The quantitative estimate of drug-likeness (QED) is 0.220. The lowest BCUT2D eigenvalue weighted by Crippen LogP contribution is -2.42. The summed E-state index contributed by atoms with van der Waals surface area (Å²) in [7, 11) is 0. The third-order valence-electron chi connectivity index (χ3n) is 6.95. The van der Waals surface area contributed by atoms with Gasteiger partial charge in [0.1, 0.15) is 5.82 Å². The zero-order valence-corrected chi connectivity index (χ0v) is 24.6. The molecule has 4 aromatic rings. The average Bonchev–Trinajstić information content (AvgIpc) is 3.34. The smallest absolute Gasteiger partial charge is 0.213 e. The minimum absolute atomic E-state index is 0.349. The van der Waals surface area contributed by atoms with Crippen LogP contribution in [0.1, 0.15) is 80.2 Å². The Bertz CT molecular complexity index is 1250. The van der Waals surface area contributed by atoms with Gasteiger partial charge in [-0.25, -0.2) is 4.98 Å². The number of aromatic nitrogens is 2. The first-order valence-electron chi connectivity index (χ1n) is 13.8. The third kappa shape index (κ3) is 8.77. The van der Waals surface area contributed by atoms with Crippen LogP contribution in [0, 0.1) is 6.92 Å². The maximum atomic E-state index is 5.80. The molecule has 3 aromatic carbocycles. The van der Waals surface area contributed by atoms with Crippen LogP contribution in [-0.4, -0.2) is 16.7 Å². The van der Waals surface area contributed by atoms with E-state index in [1.165, 1.54) is 33.2 Å². The summed E-state index contributed by atoms with van der Waals surface area (Å²) in [6.07, 6.45) is 6.83. The molecule has 4 heteroatoms. The van der Waals surface area contributed by atoms with Crippen molar-refractivity contribution >= 4 is 29.2 Å². The van der Waals surface area contributed by atoms with Gasteiger partial charge in [-0.1, -0.05) is 136 Å². The van der Waals surface area contributed by atoms with E-state index in [9.17, 15) is 0 Å². The van der Waals surface area contributed by atoms with Gasteiger partial charge >= 0.3 is 0 Å². The molecule has 0 atom stereocenters. The first kappa shape index (κ1) is 29.5. The van der Waals surface area contributed by atoms with Crippen molar-refractivity contribution in [3.63, 3.8) is 0 Å². The number of nitrogens with zero attached hydrogens (tertiary/aromatic N) is 1. The summed E-state index contributed by atoms with van der Waals surface area (Å²) in [5.74, 6) is 2.13. The number of benzene rings is 3. The maximum Gasteiger partial charge on any atom is 0.213 e. The Balaban J connectivity index is 0.000000230. The van der Waals surface area contributed by atoms with Crippen LogP contribution in [0.4, 0.5) is 0 Å². The first-order chi connectivity index (χ1) is 18.3. The number of H-pyrrole nitrogens is 1. The number of rotatable bonds is 9. The Morgan fingerprint density at radius 2 is 1.42 bits per heavy atom. The molecule has 1 N–H and O–H groups in total. The van der Waals surface area contributed by atoms with E-state index in [2.05, 4.69) is 123 Å². The molecule has 0 unspecified atom stereocenters. The SMILES string of the molecule is CC(C)c1cccc(B(CC=CCl)c2cccc(C(C)C)c2)c1.CCc1cccc(Cc2ncc(C)[nH]2)c1. The maximum absolute atomic E-state index is 5.80. The lowest BCUT2D eigenvalue weighted by Gasteiger charge is -2.17. The minimum atomic E-state index is 0.349. The summed E-state index contributed by atoms with van der Waals surface area (Å²) in [6.45, 7) is 13.5. The second kappa shape index (κ2) is 14.8. The molecule has 0 spiro atoms. The van der Waals surface area contributed by atoms with Gasteiger partial charge in [0.05, 0.1) is 0 Å². The zero-order chi connectivity index (χ0) is 27.5. The lowest BCUT2D eigenvalue weighted by molar-refractivity contribution is 0.867. The van der Waals surface area contributed by atoms with Gasteiger partial charge in [0.2, 0.25) is 6.71 Å². The molecule has 0 radical (unpaired) electrons. The van der Waals surface area contributed by atoms with Crippen LogP contribution in [0.25, 0.3) is 0 Å². The minimum Gasteiger partial charge on any atom is -0.346 e. The molecule has 38 heavy (non-hydrogen) atoms. The van der Waals surface area contributed by atoms with Crippen LogP contribution < -0.4 is 10.9 Å². The van der Waals surface area contributed by atoms with Crippen LogP contribution >= 0.6 is 11.6 Å². The Morgan fingerprint density at radius 3 is 1.92 bits per heavy atom. The molecule has 0 aliphatic rings. The van der Waals surface area contributed by atoms with Gasteiger partial charge in [-0.3, -0.25) is 0 Å². The Morgan fingerprint density at radius 1 is 0.842 bits per heavy atom. The van der Waals surface area contributed by atoms with E-state index in [-0.39, 0.29) is 0 Å². The van der Waals surface area contributed by atoms with Gasteiger partial charge in [0.25, 0.3) is 0 Å². The van der Waals surface area contributed by atoms with E-state index in [0.29, 0.717) is 18.5 Å². The summed E-state index contributed by atoms with van der Waals surface area (Å²) in [4.78, 5) is 7.56. The number of halogens is 1. The highest BCUT2D eigenvalue weighted by molar-refractivity contribution is 6.85. The molecule has 0 aliphatic heterocycles. The Labute approximate surface area is 235 Å². The molecule has 198 valence electrons. The molecule has 0 saturated heterocycles. The van der Waals surface area contributed by atoms with E-state index in [1.807, 2.05) is 13.1 Å². The van der Waals surface area contributed by atoms with Crippen LogP contribution in [-0.2, 0) is 12.8 Å². The normalized spacial score (nSPS) is 11.2. The van der Waals surface area contributed by atoms with Crippen LogP contribution in [0.3, 0.4) is 0 Å². The molecule has 1 heterocycles. The van der Waals surface area contributed by atoms with Crippen LogP contribution in [0.5, 0.6) is 0 Å². The number of aryl methyl sites for hydroxylation is 2. The predicted molar refractivity (Wildman–Crippen MR) is 168 cm³/mol. The molecule has 1 aromatic heterocycles. The number of nitrogens with one attached hydrogen (secondary N) is 1. The van der Waals surface area contributed by atoms with E-state index < -0.39 is 0 Å². The molecule has 2 nitrogen and oxygen atoms in total. The molecule has 0 amide bonds. The molecular weight excluding hydrogens is 483 g/mol. The fourth-order valence-electron chi connectivity index (χ4n) is 4.63. The standard InChI is InChI=1S/C21H26BCl.C13H16N2/c1-16(2)18-8-5-10-20(14-18)22(12-7-13-23)21-11-6-9-19(15-21)17(3)4;1-3-11-5-4-6-12(7-11)8-13-14-9-10(2)15-13/h5-11,13-17H,12H2,1-4H3;4-7,9H,3,8H2,1-2H3,(H,14,15). The summed E-state index contributed by atoms with van der Waals surface area (Å²) in [5.41, 5.74) is 11.0. The van der Waals surface area contributed by atoms with Crippen molar-refractivity contribution in [2.75, 3.05) is 0 Å². The van der Waals surface area contributed by atoms with E-state index in [1.54, 1.807) is 5.54 Å². The second-order valence-electron chi connectivity index (χ2n) is 10.7. The molecule has 0 bridgehead atoms. The van der Waals surface area contributed by atoms with Crippen molar-refractivity contribution in [2.24, 2.45) is 0 Å². The van der Waals surface area contributed by atoms with E-state index in [4.69, 9.17) is 11.6 Å². The molecular formula is C34H42BClN2. The Kier molecular flexibility index (Phi) is 11.5. The number of hydrogen-bond acceptors (Lipinski definition) is 1. The van der Waals surface area contributed by atoms with Gasteiger partial charge in [0.15, 0.2) is 0 Å². The molecule has 0 saturated carbocycles. The van der Waals surface area contributed by atoms with Crippen molar-refractivity contribution < 1.29 is 0 Å². The molecule has 0 aliphatic carbocycles. The van der Waals surface area contributed by atoms with Crippen molar-refractivity contribution in [1.82, 2.24) is 9.97 Å². The van der Waals surface area contributed by atoms with Gasteiger partial charge in [-0.05, 0) is 59.3 Å². The highest BCUT2D eigenvalue weighted by Crippen LogP contribution is 2.15. The summed E-state index contributed by atoms with van der Waals surface area (Å²) in [6, 6.07) is 26.6. The van der Waals surface area contributed by atoms with Gasteiger partial charge in [-0.15, -0.1) is 0 Å². The topological polar surface area (TPSA) is 28.7 Å². The average molecular weight is 525 g/mol. The summed E-state index contributed by atoms with van der Waals surface area (Å²) in [5, 5.41) is 0. The van der Waals surface area contributed by atoms with Crippen molar-refractivity contribution in [1.29, 1.82) is 0 Å². The lowest BCUT2D eigenvalue weighted by atomic mass is 9.38. The second-order valence-corrected chi connectivity index (χ2v) is 10.9. The van der Waals surface area contributed by atoms with Gasteiger partial charge in [0, 0.05) is 18.3 Å². The fraction of sp³-hybridized carbons (Fsp3) is 0.324. The third-order valence-corrected chi connectivity index (χ3v) is 7.13.